The molecule has 1 aliphatic heterocycles. The van der Waals surface area contributed by atoms with Gasteiger partial charge in [0.1, 0.15) is 0 Å². The lowest BCUT2D eigenvalue weighted by molar-refractivity contribution is -0.137. The molecule has 0 aromatic heterocycles. The lowest BCUT2D eigenvalue weighted by Crippen LogP contribution is -2.22. The molecule has 0 bridgehead atoms. The van der Waals surface area contributed by atoms with Gasteiger partial charge >= 0.3 is 6.18 Å². The van der Waals surface area contributed by atoms with Crippen molar-refractivity contribution in [3.8, 4) is 0 Å². The van der Waals surface area contributed by atoms with E-state index in [2.05, 4.69) is 17.2 Å². The molecule has 6 heteroatoms. The summed E-state index contributed by atoms with van der Waals surface area (Å²) in [5, 5.41) is 4.30. The monoisotopic (exact) mass is 288 g/mol. The quantitative estimate of drug-likeness (QED) is 0.829. The maximum absolute atomic E-state index is 12.4. The van der Waals surface area contributed by atoms with Gasteiger partial charge in [0.15, 0.2) is 5.17 Å². The molecule has 1 N–H and O–H groups in total. The van der Waals surface area contributed by atoms with Gasteiger partial charge in [-0.3, -0.25) is 4.99 Å². The van der Waals surface area contributed by atoms with Crippen LogP contribution in [0.4, 0.5) is 18.9 Å². The fourth-order valence-electron chi connectivity index (χ4n) is 1.93. The summed E-state index contributed by atoms with van der Waals surface area (Å²) in [6.45, 7) is 4.15. The van der Waals surface area contributed by atoms with Gasteiger partial charge in [0.2, 0.25) is 0 Å². The second-order valence-corrected chi connectivity index (χ2v) is 6.07. The minimum Gasteiger partial charge on any atom is -0.335 e. The SMILES string of the molecule is CC1CC(C)SC(Nc2ccc(C(F)(F)F)cc2)=N1. The standard InChI is InChI=1S/C13H15F3N2S/c1-8-7-9(2)19-12(17-8)18-11-5-3-10(4-6-11)13(14,15)16/h3-6,8-9H,7H2,1-2H3,(H,17,18). The van der Waals surface area contributed by atoms with E-state index in [0.29, 0.717) is 10.9 Å². The first kappa shape index (κ1) is 14.2. The van der Waals surface area contributed by atoms with Crippen molar-refractivity contribution in [2.24, 2.45) is 4.99 Å². The zero-order valence-electron chi connectivity index (χ0n) is 10.7. The number of thioether (sulfide) groups is 1. The molecule has 0 saturated carbocycles. The van der Waals surface area contributed by atoms with Gasteiger partial charge in [0, 0.05) is 10.9 Å². The molecule has 0 radical (unpaired) electrons. The van der Waals surface area contributed by atoms with Gasteiger partial charge in [-0.2, -0.15) is 13.2 Å². The smallest absolute Gasteiger partial charge is 0.335 e. The van der Waals surface area contributed by atoms with Crippen molar-refractivity contribution >= 4 is 22.6 Å². The van der Waals surface area contributed by atoms with E-state index in [0.717, 1.165) is 23.7 Å². The zero-order valence-corrected chi connectivity index (χ0v) is 11.5. The van der Waals surface area contributed by atoms with Gasteiger partial charge in [0.05, 0.1) is 11.6 Å². The molecule has 0 aliphatic carbocycles. The number of aliphatic imine (C=N–C) groups is 1. The first-order valence-electron chi connectivity index (χ1n) is 6.03. The summed E-state index contributed by atoms with van der Waals surface area (Å²) in [6.07, 6.45) is -3.28. The molecule has 1 heterocycles. The minimum absolute atomic E-state index is 0.244. The summed E-state index contributed by atoms with van der Waals surface area (Å²) in [4.78, 5) is 4.45. The van der Waals surface area contributed by atoms with Gasteiger partial charge in [-0.15, -0.1) is 0 Å². The fraction of sp³-hybridized carbons (Fsp3) is 0.462. The van der Waals surface area contributed by atoms with Gasteiger partial charge in [-0.25, -0.2) is 0 Å². The van der Waals surface area contributed by atoms with Gasteiger partial charge in [-0.05, 0) is 37.6 Å². The predicted octanol–water partition coefficient (Wildman–Crippen LogP) is 4.39. The van der Waals surface area contributed by atoms with Gasteiger partial charge in [-0.1, -0.05) is 18.7 Å². The van der Waals surface area contributed by atoms with Crippen LogP contribution in [0.5, 0.6) is 0 Å². The van der Waals surface area contributed by atoms with Crippen molar-refractivity contribution in [3.63, 3.8) is 0 Å². The van der Waals surface area contributed by atoms with Crippen molar-refractivity contribution in [3.05, 3.63) is 29.8 Å². The Morgan fingerprint density at radius 1 is 1.21 bits per heavy atom. The molecule has 19 heavy (non-hydrogen) atoms. The Morgan fingerprint density at radius 2 is 1.84 bits per heavy atom. The van der Waals surface area contributed by atoms with Crippen LogP contribution in [-0.2, 0) is 6.18 Å². The van der Waals surface area contributed by atoms with E-state index in [1.807, 2.05) is 6.92 Å². The van der Waals surface area contributed by atoms with Crippen LogP contribution in [0.25, 0.3) is 0 Å². The minimum atomic E-state index is -4.29. The third kappa shape index (κ3) is 3.89. The van der Waals surface area contributed by atoms with E-state index in [9.17, 15) is 13.2 Å². The van der Waals surface area contributed by atoms with Crippen LogP contribution >= 0.6 is 11.8 Å². The molecule has 2 rings (SSSR count). The van der Waals surface area contributed by atoms with E-state index in [-0.39, 0.29) is 6.04 Å². The summed E-state index contributed by atoms with van der Waals surface area (Å²) in [5.41, 5.74) is -0.0152. The van der Waals surface area contributed by atoms with E-state index in [1.54, 1.807) is 11.8 Å². The van der Waals surface area contributed by atoms with Crippen molar-refractivity contribution in [1.82, 2.24) is 0 Å². The van der Waals surface area contributed by atoms with Crippen molar-refractivity contribution in [2.45, 2.75) is 37.7 Å². The molecule has 1 aromatic rings. The Bertz CT molecular complexity index is 468. The van der Waals surface area contributed by atoms with Crippen LogP contribution in [-0.4, -0.2) is 16.5 Å². The Labute approximate surface area is 114 Å². The van der Waals surface area contributed by atoms with Gasteiger partial charge < -0.3 is 5.32 Å². The summed E-state index contributed by atoms with van der Waals surface area (Å²) in [7, 11) is 0. The molecule has 104 valence electrons. The average molecular weight is 288 g/mol. The molecule has 2 atom stereocenters. The molecule has 2 unspecified atom stereocenters. The Hall–Kier alpha value is -1.17. The number of anilines is 1. The van der Waals surface area contributed by atoms with Crippen LogP contribution in [0, 0.1) is 0 Å². The molecule has 0 saturated heterocycles. The Kier molecular flexibility index (Phi) is 4.08. The third-order valence-corrected chi connectivity index (χ3v) is 3.81. The predicted molar refractivity (Wildman–Crippen MR) is 73.6 cm³/mol. The molecule has 1 aromatic carbocycles. The number of amidine groups is 1. The number of rotatable bonds is 1. The average Bonchev–Trinajstić information content (AvgIpc) is 2.26. The summed E-state index contributed by atoms with van der Waals surface area (Å²) < 4.78 is 37.3. The number of nitrogens with zero attached hydrogens (tertiary/aromatic N) is 1. The molecule has 0 spiro atoms. The second kappa shape index (κ2) is 5.45. The normalized spacial score (nSPS) is 23.9. The highest BCUT2D eigenvalue weighted by Crippen LogP contribution is 2.30. The van der Waals surface area contributed by atoms with Gasteiger partial charge in [0.25, 0.3) is 0 Å². The highest BCUT2D eigenvalue weighted by molar-refractivity contribution is 8.14. The summed E-state index contributed by atoms with van der Waals surface area (Å²) in [5.74, 6) is 0. The van der Waals surface area contributed by atoms with Crippen LogP contribution < -0.4 is 5.32 Å². The highest BCUT2D eigenvalue weighted by atomic mass is 32.2. The van der Waals surface area contributed by atoms with E-state index >= 15 is 0 Å². The van der Waals surface area contributed by atoms with Crippen LogP contribution in [0.3, 0.4) is 0 Å². The second-order valence-electron chi connectivity index (χ2n) is 4.65. The number of nitrogens with one attached hydrogen (secondary N) is 1. The van der Waals surface area contributed by atoms with Crippen LogP contribution in [0.2, 0.25) is 0 Å². The number of benzene rings is 1. The lowest BCUT2D eigenvalue weighted by atomic mass is 10.2. The molecule has 0 fully saturated rings. The van der Waals surface area contributed by atoms with Crippen LogP contribution in [0.15, 0.2) is 29.3 Å². The number of hydrogen-bond donors (Lipinski definition) is 1. The molecule has 2 nitrogen and oxygen atoms in total. The van der Waals surface area contributed by atoms with E-state index in [1.165, 1.54) is 12.1 Å². The summed E-state index contributed by atoms with van der Waals surface area (Å²) >= 11 is 1.61. The number of alkyl halides is 3. The lowest BCUT2D eigenvalue weighted by Gasteiger charge is -2.23. The molecular formula is C13H15F3N2S. The topological polar surface area (TPSA) is 24.4 Å². The number of hydrogen-bond acceptors (Lipinski definition) is 3. The fourth-order valence-corrected chi connectivity index (χ4v) is 3.10. The third-order valence-electron chi connectivity index (χ3n) is 2.79. The maximum atomic E-state index is 12.4. The van der Waals surface area contributed by atoms with E-state index < -0.39 is 11.7 Å². The van der Waals surface area contributed by atoms with Crippen molar-refractivity contribution in [1.29, 1.82) is 0 Å². The molecule has 0 amide bonds. The van der Waals surface area contributed by atoms with Crippen molar-refractivity contribution < 1.29 is 13.2 Å². The van der Waals surface area contributed by atoms with Crippen LogP contribution in [0.1, 0.15) is 25.8 Å². The largest absolute Gasteiger partial charge is 0.416 e. The summed E-state index contributed by atoms with van der Waals surface area (Å²) in [6, 6.07) is 5.24. The molecule has 1 aliphatic rings. The van der Waals surface area contributed by atoms with E-state index in [4.69, 9.17) is 0 Å². The zero-order chi connectivity index (χ0) is 14.0. The van der Waals surface area contributed by atoms with Crippen molar-refractivity contribution in [2.75, 3.05) is 5.32 Å². The first-order valence-corrected chi connectivity index (χ1v) is 6.91. The highest BCUT2D eigenvalue weighted by Gasteiger charge is 2.30. The number of halogens is 3. The Morgan fingerprint density at radius 3 is 2.37 bits per heavy atom. The maximum Gasteiger partial charge on any atom is 0.416 e. The molecular weight excluding hydrogens is 273 g/mol. The first-order chi connectivity index (χ1) is 8.84. The Balaban J connectivity index is 2.08.